The van der Waals surface area contributed by atoms with E-state index in [9.17, 15) is 4.79 Å². The van der Waals surface area contributed by atoms with Gasteiger partial charge in [-0.05, 0) is 18.1 Å². The molecule has 0 aliphatic heterocycles. The van der Waals surface area contributed by atoms with E-state index in [0.717, 1.165) is 11.1 Å². The lowest BCUT2D eigenvalue weighted by molar-refractivity contribution is -0.142. The van der Waals surface area contributed by atoms with Crippen LogP contribution in [0.1, 0.15) is 23.5 Å². The minimum Gasteiger partial charge on any atom is -0.469 e. The van der Waals surface area contributed by atoms with Crippen LogP contribution in [-0.4, -0.2) is 13.1 Å². The van der Waals surface area contributed by atoms with E-state index in [2.05, 4.69) is 4.74 Å². The highest BCUT2D eigenvalue weighted by atomic mass is 16.5. The van der Waals surface area contributed by atoms with Crippen molar-refractivity contribution in [2.45, 2.75) is 19.3 Å². The summed E-state index contributed by atoms with van der Waals surface area (Å²) in [7, 11) is 1.34. The monoisotopic (exact) mass is 203 g/mol. The van der Waals surface area contributed by atoms with Crippen LogP contribution in [-0.2, 0) is 9.53 Å². The van der Waals surface area contributed by atoms with Gasteiger partial charge in [0.15, 0.2) is 0 Å². The summed E-state index contributed by atoms with van der Waals surface area (Å²) in [6.07, 6.45) is 0.150. The molecule has 0 aliphatic carbocycles. The average molecular weight is 203 g/mol. The molecule has 0 bridgehead atoms. The molecule has 0 heterocycles. The Balaban J connectivity index is 3.05. The predicted octanol–water partition coefficient (Wildman–Crippen LogP) is 2.17. The minimum absolute atomic E-state index is 0.150. The van der Waals surface area contributed by atoms with E-state index in [1.165, 1.54) is 7.11 Å². The smallest absolute Gasteiger partial charge is 0.314 e. The number of nitriles is 1. The summed E-state index contributed by atoms with van der Waals surface area (Å²) in [6.45, 7) is 1.92. The molecule has 15 heavy (non-hydrogen) atoms. The molecule has 0 saturated heterocycles. The molecule has 78 valence electrons. The number of carbonyl (C=O) groups is 1. The Labute approximate surface area is 89.3 Å². The van der Waals surface area contributed by atoms with Crippen molar-refractivity contribution in [3.8, 4) is 6.07 Å². The molecule has 0 amide bonds. The van der Waals surface area contributed by atoms with Crippen LogP contribution in [0.5, 0.6) is 0 Å². The van der Waals surface area contributed by atoms with Gasteiger partial charge in [-0.3, -0.25) is 4.79 Å². The molecule has 0 saturated carbocycles. The van der Waals surface area contributed by atoms with Gasteiger partial charge in [0, 0.05) is 0 Å². The highest BCUT2D eigenvalue weighted by Crippen LogP contribution is 2.23. The summed E-state index contributed by atoms with van der Waals surface area (Å²) in [6, 6.07) is 9.54. The topological polar surface area (TPSA) is 50.1 Å². The average Bonchev–Trinajstić information content (AvgIpc) is 2.26. The van der Waals surface area contributed by atoms with Gasteiger partial charge in [-0.15, -0.1) is 0 Å². The van der Waals surface area contributed by atoms with Gasteiger partial charge in [0.1, 0.15) is 0 Å². The second-order valence-electron chi connectivity index (χ2n) is 3.29. The number of ether oxygens (including phenoxy) is 1. The minimum atomic E-state index is -0.471. The predicted molar refractivity (Wildman–Crippen MR) is 56.2 cm³/mol. The lowest BCUT2D eigenvalue weighted by Crippen LogP contribution is -2.14. The van der Waals surface area contributed by atoms with E-state index in [1.54, 1.807) is 0 Å². The number of benzene rings is 1. The van der Waals surface area contributed by atoms with Crippen molar-refractivity contribution >= 4 is 5.97 Å². The van der Waals surface area contributed by atoms with Crippen LogP contribution >= 0.6 is 0 Å². The molecule has 3 heteroatoms. The van der Waals surface area contributed by atoms with Crippen LogP contribution in [0.2, 0.25) is 0 Å². The quantitative estimate of drug-likeness (QED) is 0.707. The van der Waals surface area contributed by atoms with Crippen molar-refractivity contribution in [1.82, 2.24) is 0 Å². The number of esters is 1. The molecule has 3 nitrogen and oxygen atoms in total. The van der Waals surface area contributed by atoms with Gasteiger partial charge in [0.05, 0.1) is 25.5 Å². The van der Waals surface area contributed by atoms with Gasteiger partial charge >= 0.3 is 5.97 Å². The summed E-state index contributed by atoms with van der Waals surface area (Å²) in [4.78, 5) is 11.5. The van der Waals surface area contributed by atoms with Gasteiger partial charge in [0.25, 0.3) is 0 Å². The Hall–Kier alpha value is -1.82. The molecule has 0 aliphatic rings. The Morgan fingerprint density at radius 3 is 2.73 bits per heavy atom. The fourth-order valence-electron chi connectivity index (χ4n) is 1.53. The van der Waals surface area contributed by atoms with Gasteiger partial charge < -0.3 is 4.74 Å². The van der Waals surface area contributed by atoms with Gasteiger partial charge in [-0.25, -0.2) is 0 Å². The van der Waals surface area contributed by atoms with Crippen LogP contribution in [0.25, 0.3) is 0 Å². The molecule has 0 fully saturated rings. The summed E-state index contributed by atoms with van der Waals surface area (Å²) in [5.74, 6) is -0.827. The molecule has 1 aromatic carbocycles. The molecular formula is C12H13NO2. The molecule has 0 radical (unpaired) electrons. The molecule has 1 aromatic rings. The highest BCUT2D eigenvalue weighted by molar-refractivity contribution is 5.78. The first kappa shape index (κ1) is 11.3. The summed E-state index contributed by atoms with van der Waals surface area (Å²) in [5.41, 5.74) is 1.87. The lowest BCUT2D eigenvalue weighted by atomic mass is 9.93. The van der Waals surface area contributed by atoms with E-state index >= 15 is 0 Å². The van der Waals surface area contributed by atoms with E-state index in [4.69, 9.17) is 5.26 Å². The van der Waals surface area contributed by atoms with E-state index in [-0.39, 0.29) is 12.4 Å². The second kappa shape index (κ2) is 5.16. The fraction of sp³-hybridized carbons (Fsp3) is 0.333. The van der Waals surface area contributed by atoms with Crippen molar-refractivity contribution in [1.29, 1.82) is 5.26 Å². The molecule has 1 rings (SSSR count). The fourth-order valence-corrected chi connectivity index (χ4v) is 1.53. The number of aryl methyl sites for hydroxylation is 1. The number of hydrogen-bond donors (Lipinski definition) is 0. The van der Waals surface area contributed by atoms with E-state index < -0.39 is 5.92 Å². The standard InChI is InChI=1S/C12H13NO2/c1-9-5-3-4-6-10(9)11(7-8-13)12(14)15-2/h3-6,11H,7H2,1-2H3. The Bertz CT molecular complexity index is 393. The largest absolute Gasteiger partial charge is 0.469 e. The maximum atomic E-state index is 11.5. The number of methoxy groups -OCH3 is 1. The lowest BCUT2D eigenvalue weighted by Gasteiger charge is -2.13. The Kier molecular flexibility index (Phi) is 3.87. The van der Waals surface area contributed by atoms with Gasteiger partial charge in [0.2, 0.25) is 0 Å². The normalized spacial score (nSPS) is 11.5. The van der Waals surface area contributed by atoms with Crippen LogP contribution in [0.4, 0.5) is 0 Å². The molecule has 0 aromatic heterocycles. The Morgan fingerprint density at radius 2 is 2.20 bits per heavy atom. The first-order chi connectivity index (χ1) is 7.20. The first-order valence-corrected chi connectivity index (χ1v) is 4.71. The van der Waals surface area contributed by atoms with Crippen molar-refractivity contribution in [2.24, 2.45) is 0 Å². The van der Waals surface area contributed by atoms with E-state index in [0.29, 0.717) is 0 Å². The van der Waals surface area contributed by atoms with Crippen molar-refractivity contribution in [2.75, 3.05) is 7.11 Å². The molecular weight excluding hydrogens is 190 g/mol. The number of hydrogen-bond acceptors (Lipinski definition) is 3. The number of rotatable bonds is 3. The third-order valence-corrected chi connectivity index (χ3v) is 2.34. The van der Waals surface area contributed by atoms with Crippen LogP contribution in [0.15, 0.2) is 24.3 Å². The summed E-state index contributed by atoms with van der Waals surface area (Å²) < 4.78 is 4.68. The van der Waals surface area contributed by atoms with Gasteiger partial charge in [-0.1, -0.05) is 24.3 Å². The van der Waals surface area contributed by atoms with Crippen LogP contribution in [0, 0.1) is 18.3 Å². The van der Waals surface area contributed by atoms with E-state index in [1.807, 2.05) is 37.3 Å². The molecule has 1 atom stereocenters. The molecule has 0 spiro atoms. The Morgan fingerprint density at radius 1 is 1.53 bits per heavy atom. The summed E-state index contributed by atoms with van der Waals surface area (Å²) >= 11 is 0. The third-order valence-electron chi connectivity index (χ3n) is 2.34. The SMILES string of the molecule is COC(=O)C(CC#N)c1ccccc1C. The van der Waals surface area contributed by atoms with Crippen molar-refractivity contribution in [3.63, 3.8) is 0 Å². The maximum Gasteiger partial charge on any atom is 0.314 e. The van der Waals surface area contributed by atoms with Crippen molar-refractivity contribution in [3.05, 3.63) is 35.4 Å². The van der Waals surface area contributed by atoms with Crippen molar-refractivity contribution < 1.29 is 9.53 Å². The summed E-state index contributed by atoms with van der Waals surface area (Å²) in [5, 5.41) is 8.68. The number of carbonyl (C=O) groups excluding carboxylic acids is 1. The maximum absolute atomic E-state index is 11.5. The van der Waals surface area contributed by atoms with Crippen LogP contribution < -0.4 is 0 Å². The zero-order valence-corrected chi connectivity index (χ0v) is 8.86. The molecule has 1 unspecified atom stereocenters. The highest BCUT2D eigenvalue weighted by Gasteiger charge is 2.22. The molecule has 0 N–H and O–H groups in total. The van der Waals surface area contributed by atoms with Gasteiger partial charge in [-0.2, -0.15) is 5.26 Å². The zero-order chi connectivity index (χ0) is 11.3. The third kappa shape index (κ3) is 2.57. The second-order valence-corrected chi connectivity index (χ2v) is 3.29. The van der Waals surface area contributed by atoms with Crippen LogP contribution in [0.3, 0.4) is 0 Å². The zero-order valence-electron chi connectivity index (χ0n) is 8.86. The first-order valence-electron chi connectivity index (χ1n) is 4.71. The number of nitrogens with zero attached hydrogens (tertiary/aromatic N) is 1.